The maximum Gasteiger partial charge on any atom is 0.238 e. The van der Waals surface area contributed by atoms with E-state index in [2.05, 4.69) is 185 Å². The molecule has 6 heteroatoms. The first-order valence-electron chi connectivity index (χ1n) is 19.1. The maximum atomic E-state index is 6.57. The van der Waals surface area contributed by atoms with Gasteiger partial charge in [0.1, 0.15) is 11.2 Å². The lowest BCUT2D eigenvalue weighted by Crippen LogP contribution is -2.06. The standard InChI is InChI=1S/C51H31N5O/c1-3-13-32(14-4-1)33-23-25-34(26-24-33)49-52-50(54-51(53-49)56-44-21-11-7-17-37(44)38-18-8-12-22-45(38)56)35-27-28-47-41(29-35)42-30-46-40(31-48(42)57-47)39-19-9-10-20-43(39)55(46)36-15-5-2-6-16-36/h1-31H. The van der Waals surface area contributed by atoms with Gasteiger partial charge in [-0.1, -0.05) is 127 Å². The molecular formula is C51H31N5O. The molecule has 6 nitrogen and oxygen atoms in total. The summed E-state index contributed by atoms with van der Waals surface area (Å²) in [5.74, 6) is 1.74. The Labute approximate surface area is 326 Å². The largest absolute Gasteiger partial charge is 0.456 e. The zero-order chi connectivity index (χ0) is 37.5. The lowest BCUT2D eigenvalue weighted by atomic mass is 10.0. The maximum absolute atomic E-state index is 6.57. The van der Waals surface area contributed by atoms with Gasteiger partial charge in [-0.25, -0.2) is 4.98 Å². The van der Waals surface area contributed by atoms with E-state index < -0.39 is 0 Å². The molecule has 0 aliphatic carbocycles. The highest BCUT2D eigenvalue weighted by Gasteiger charge is 2.20. The van der Waals surface area contributed by atoms with Crippen LogP contribution in [0.25, 0.3) is 111 Å². The molecule has 0 unspecified atom stereocenters. The molecule has 12 rings (SSSR count). The molecule has 12 aromatic rings. The van der Waals surface area contributed by atoms with Crippen LogP contribution in [0.3, 0.4) is 0 Å². The smallest absolute Gasteiger partial charge is 0.238 e. The fourth-order valence-corrected chi connectivity index (χ4v) is 8.54. The van der Waals surface area contributed by atoms with E-state index in [-0.39, 0.29) is 0 Å². The minimum Gasteiger partial charge on any atom is -0.456 e. The molecule has 0 spiro atoms. The second-order valence-electron chi connectivity index (χ2n) is 14.5. The molecule has 0 aliphatic heterocycles. The van der Waals surface area contributed by atoms with Crippen LogP contribution >= 0.6 is 0 Å². The number of fused-ring (bicyclic) bond motifs is 9. The first kappa shape index (κ1) is 31.5. The number of aromatic nitrogens is 5. The predicted octanol–water partition coefficient (Wildman–Crippen LogP) is 13.0. The van der Waals surface area contributed by atoms with E-state index in [1.807, 2.05) is 12.1 Å². The monoisotopic (exact) mass is 729 g/mol. The van der Waals surface area contributed by atoms with Crippen molar-refractivity contribution in [3.05, 3.63) is 188 Å². The number of hydrogen-bond donors (Lipinski definition) is 0. The highest BCUT2D eigenvalue weighted by Crippen LogP contribution is 2.40. The molecule has 4 aromatic heterocycles. The van der Waals surface area contributed by atoms with Crippen LogP contribution in [0.5, 0.6) is 0 Å². The summed E-state index contributed by atoms with van der Waals surface area (Å²) >= 11 is 0. The number of hydrogen-bond acceptors (Lipinski definition) is 4. The first-order valence-corrected chi connectivity index (χ1v) is 19.1. The average molecular weight is 730 g/mol. The minimum absolute atomic E-state index is 0.561. The Morgan fingerprint density at radius 1 is 0.316 bits per heavy atom. The van der Waals surface area contributed by atoms with Gasteiger partial charge in [0.2, 0.25) is 5.95 Å². The van der Waals surface area contributed by atoms with Crippen molar-refractivity contribution in [2.75, 3.05) is 0 Å². The van der Waals surface area contributed by atoms with Gasteiger partial charge in [-0.3, -0.25) is 4.57 Å². The van der Waals surface area contributed by atoms with Crippen LogP contribution in [0, 0.1) is 0 Å². The SMILES string of the molecule is c1ccc(-c2ccc(-c3nc(-c4ccc5oc6cc7c8ccccc8n(-c8ccccc8)c7cc6c5c4)nc(-n4c5ccccc5c5ccccc54)n3)cc2)cc1. The van der Waals surface area contributed by atoms with Crippen molar-refractivity contribution in [2.45, 2.75) is 0 Å². The number of furan rings is 1. The fraction of sp³-hybridized carbons (Fsp3) is 0. The van der Waals surface area contributed by atoms with Gasteiger partial charge in [0.05, 0.1) is 22.1 Å². The summed E-state index contributed by atoms with van der Waals surface area (Å²) in [4.78, 5) is 15.6. The first-order chi connectivity index (χ1) is 28.2. The van der Waals surface area contributed by atoms with Crippen LogP contribution in [0.1, 0.15) is 0 Å². The third-order valence-corrected chi connectivity index (χ3v) is 11.2. The Morgan fingerprint density at radius 2 is 0.825 bits per heavy atom. The molecule has 57 heavy (non-hydrogen) atoms. The number of nitrogens with zero attached hydrogens (tertiary/aromatic N) is 5. The van der Waals surface area contributed by atoms with Crippen molar-refractivity contribution in [1.29, 1.82) is 0 Å². The summed E-state index contributed by atoms with van der Waals surface area (Å²) in [5, 5.41) is 6.67. The van der Waals surface area contributed by atoms with Crippen LogP contribution in [0.4, 0.5) is 0 Å². The molecule has 0 fully saturated rings. The molecule has 266 valence electrons. The van der Waals surface area contributed by atoms with E-state index in [1.165, 1.54) is 5.39 Å². The Balaban J connectivity index is 1.08. The summed E-state index contributed by atoms with van der Waals surface area (Å²) in [5.41, 5.74) is 11.2. The Hall–Kier alpha value is -7.83. The lowest BCUT2D eigenvalue weighted by molar-refractivity contribution is 0.669. The molecular weight excluding hydrogens is 699 g/mol. The van der Waals surface area contributed by atoms with Crippen molar-refractivity contribution in [3.8, 4) is 45.5 Å². The molecule has 0 radical (unpaired) electrons. The molecule has 8 aromatic carbocycles. The van der Waals surface area contributed by atoms with E-state index in [1.54, 1.807) is 0 Å². The van der Waals surface area contributed by atoms with Crippen LogP contribution in [-0.2, 0) is 0 Å². The van der Waals surface area contributed by atoms with Gasteiger partial charge in [0, 0.05) is 49.1 Å². The van der Waals surface area contributed by atoms with Gasteiger partial charge in [0.15, 0.2) is 11.6 Å². The Morgan fingerprint density at radius 3 is 1.51 bits per heavy atom. The Kier molecular flexibility index (Phi) is 6.83. The van der Waals surface area contributed by atoms with Crippen molar-refractivity contribution in [2.24, 2.45) is 0 Å². The topological polar surface area (TPSA) is 61.7 Å². The van der Waals surface area contributed by atoms with Gasteiger partial charge >= 0.3 is 0 Å². The summed E-state index contributed by atoms with van der Waals surface area (Å²) in [6.45, 7) is 0. The van der Waals surface area contributed by atoms with E-state index in [9.17, 15) is 0 Å². The molecule has 0 N–H and O–H groups in total. The summed E-state index contributed by atoms with van der Waals surface area (Å²) in [6.07, 6.45) is 0. The van der Waals surface area contributed by atoms with E-state index in [0.29, 0.717) is 17.6 Å². The van der Waals surface area contributed by atoms with Crippen LogP contribution in [-0.4, -0.2) is 24.1 Å². The number of benzene rings is 8. The van der Waals surface area contributed by atoms with Crippen LogP contribution in [0.15, 0.2) is 192 Å². The fourth-order valence-electron chi connectivity index (χ4n) is 8.54. The molecule has 0 saturated carbocycles. The number of rotatable bonds is 5. The van der Waals surface area contributed by atoms with E-state index in [4.69, 9.17) is 19.4 Å². The van der Waals surface area contributed by atoms with Gasteiger partial charge in [-0.2, -0.15) is 9.97 Å². The van der Waals surface area contributed by atoms with Crippen molar-refractivity contribution in [1.82, 2.24) is 24.1 Å². The van der Waals surface area contributed by atoms with Crippen molar-refractivity contribution in [3.63, 3.8) is 0 Å². The van der Waals surface area contributed by atoms with Crippen molar-refractivity contribution < 1.29 is 4.42 Å². The summed E-state index contributed by atoms with van der Waals surface area (Å²) in [7, 11) is 0. The van der Waals surface area contributed by atoms with E-state index >= 15 is 0 Å². The normalized spacial score (nSPS) is 11.9. The van der Waals surface area contributed by atoms with Crippen LogP contribution < -0.4 is 0 Å². The zero-order valence-electron chi connectivity index (χ0n) is 30.5. The van der Waals surface area contributed by atoms with E-state index in [0.717, 1.165) is 88.1 Å². The predicted molar refractivity (Wildman–Crippen MR) is 232 cm³/mol. The van der Waals surface area contributed by atoms with Crippen molar-refractivity contribution >= 4 is 65.6 Å². The minimum atomic E-state index is 0.561. The highest BCUT2D eigenvalue weighted by molar-refractivity contribution is 6.17. The molecule has 0 bridgehead atoms. The van der Waals surface area contributed by atoms with Crippen LogP contribution in [0.2, 0.25) is 0 Å². The lowest BCUT2D eigenvalue weighted by Gasteiger charge is -2.11. The third kappa shape index (κ3) is 4.94. The Bertz CT molecular complexity index is 3450. The molecule has 0 saturated heterocycles. The molecule has 0 amide bonds. The summed E-state index contributed by atoms with van der Waals surface area (Å²) < 4.78 is 11.1. The molecule has 0 atom stereocenters. The third-order valence-electron chi connectivity index (χ3n) is 11.2. The van der Waals surface area contributed by atoms with Gasteiger partial charge < -0.3 is 8.98 Å². The van der Waals surface area contributed by atoms with Gasteiger partial charge in [-0.05, 0) is 71.8 Å². The average Bonchev–Trinajstić information content (AvgIpc) is 3.93. The molecule has 0 aliphatic rings. The second-order valence-corrected chi connectivity index (χ2v) is 14.5. The highest BCUT2D eigenvalue weighted by atomic mass is 16.3. The zero-order valence-corrected chi connectivity index (χ0v) is 30.5. The van der Waals surface area contributed by atoms with Gasteiger partial charge in [-0.15, -0.1) is 0 Å². The summed E-state index contributed by atoms with van der Waals surface area (Å²) in [6, 6.07) is 65.5. The number of para-hydroxylation sites is 4. The van der Waals surface area contributed by atoms with Gasteiger partial charge in [0.25, 0.3) is 0 Å². The quantitative estimate of drug-likeness (QED) is 0.177. The second kappa shape index (κ2) is 12.3. The molecule has 4 heterocycles.